The number of benzene rings is 2. The first-order valence-corrected chi connectivity index (χ1v) is 10.5. The van der Waals surface area contributed by atoms with Crippen molar-refractivity contribution in [3.05, 3.63) is 75.1 Å². The van der Waals surface area contributed by atoms with Crippen LogP contribution in [0.3, 0.4) is 0 Å². The topological polar surface area (TPSA) is 103 Å². The van der Waals surface area contributed by atoms with Crippen LogP contribution in [0.1, 0.15) is 40.2 Å². The molecule has 0 aliphatic carbocycles. The van der Waals surface area contributed by atoms with Crippen LogP contribution in [0.25, 0.3) is 5.69 Å². The Balaban J connectivity index is 1.42. The third-order valence-electron chi connectivity index (χ3n) is 5.89. The molecule has 32 heavy (non-hydrogen) atoms. The van der Waals surface area contributed by atoms with Crippen molar-refractivity contribution < 1.29 is 14.5 Å². The van der Waals surface area contributed by atoms with Gasteiger partial charge in [0.25, 0.3) is 11.6 Å². The van der Waals surface area contributed by atoms with Crippen molar-refractivity contribution in [1.82, 2.24) is 19.9 Å². The van der Waals surface area contributed by atoms with Gasteiger partial charge in [0, 0.05) is 38.1 Å². The van der Waals surface area contributed by atoms with Crippen molar-refractivity contribution in [2.24, 2.45) is 0 Å². The minimum absolute atomic E-state index is 0.0453. The number of nitro groups is 1. The highest BCUT2D eigenvalue weighted by Gasteiger charge is 2.28. The van der Waals surface area contributed by atoms with E-state index in [0.717, 1.165) is 18.6 Å². The summed E-state index contributed by atoms with van der Waals surface area (Å²) >= 11 is 0. The molecule has 4 rings (SSSR count). The summed E-state index contributed by atoms with van der Waals surface area (Å²) in [6, 6.07) is 12.2. The maximum Gasteiger partial charge on any atom is 0.276 e. The third-order valence-corrected chi connectivity index (χ3v) is 5.89. The van der Waals surface area contributed by atoms with E-state index in [-0.39, 0.29) is 23.4 Å². The van der Waals surface area contributed by atoms with Gasteiger partial charge in [-0.1, -0.05) is 17.3 Å². The number of non-ortho nitro benzene ring substituents is 1. The number of aryl methyl sites for hydroxylation is 2. The summed E-state index contributed by atoms with van der Waals surface area (Å²) in [6.07, 6.45) is 1.52. The SMILES string of the molecule is Cc1ccc(OC2CCN(C(=O)c3nnn(-c4cccc([N+](=O)[O-])c4)c3C)CC2)cc1C. The van der Waals surface area contributed by atoms with Gasteiger partial charge >= 0.3 is 0 Å². The molecule has 3 aromatic rings. The van der Waals surface area contributed by atoms with E-state index in [0.29, 0.717) is 24.5 Å². The standard InChI is InChI=1S/C23H25N5O4/c1-15-7-8-21(13-16(15)2)32-20-9-11-26(12-10-20)23(29)22-17(3)27(25-24-22)18-5-4-6-19(14-18)28(30)31/h4-8,13-14,20H,9-12H2,1-3H3. The second kappa shape index (κ2) is 8.78. The number of rotatable bonds is 5. The number of hydrogen-bond acceptors (Lipinski definition) is 6. The van der Waals surface area contributed by atoms with E-state index in [1.165, 1.54) is 27.9 Å². The van der Waals surface area contributed by atoms with Gasteiger partial charge in [0.15, 0.2) is 5.69 Å². The van der Waals surface area contributed by atoms with E-state index in [4.69, 9.17) is 4.74 Å². The maximum absolute atomic E-state index is 13.0. The first kappa shape index (κ1) is 21.5. The Morgan fingerprint density at radius 1 is 1.09 bits per heavy atom. The number of aromatic nitrogens is 3. The van der Waals surface area contributed by atoms with Crippen LogP contribution >= 0.6 is 0 Å². The Labute approximate surface area is 185 Å². The lowest BCUT2D eigenvalue weighted by Crippen LogP contribution is -2.42. The number of amides is 1. The largest absolute Gasteiger partial charge is 0.490 e. The van der Waals surface area contributed by atoms with Crippen LogP contribution in [0.2, 0.25) is 0 Å². The number of carbonyl (C=O) groups excluding carboxylic acids is 1. The lowest BCUT2D eigenvalue weighted by Gasteiger charge is -2.32. The zero-order valence-electron chi connectivity index (χ0n) is 18.3. The molecule has 1 aliphatic rings. The maximum atomic E-state index is 13.0. The number of carbonyl (C=O) groups is 1. The zero-order valence-corrected chi connectivity index (χ0v) is 18.3. The second-order valence-electron chi connectivity index (χ2n) is 8.07. The minimum atomic E-state index is -0.466. The number of piperidine rings is 1. The molecule has 2 heterocycles. The molecule has 0 unspecified atom stereocenters. The molecule has 166 valence electrons. The minimum Gasteiger partial charge on any atom is -0.490 e. The molecule has 0 bridgehead atoms. The highest BCUT2D eigenvalue weighted by atomic mass is 16.6. The number of ether oxygens (including phenoxy) is 1. The number of nitro benzene ring substituents is 1. The molecule has 1 aliphatic heterocycles. The lowest BCUT2D eigenvalue weighted by atomic mass is 10.1. The molecule has 0 saturated carbocycles. The fraction of sp³-hybridized carbons (Fsp3) is 0.348. The molecule has 9 nitrogen and oxygen atoms in total. The summed E-state index contributed by atoms with van der Waals surface area (Å²) in [4.78, 5) is 25.4. The van der Waals surface area contributed by atoms with E-state index in [9.17, 15) is 14.9 Å². The Kier molecular flexibility index (Phi) is 5.89. The first-order chi connectivity index (χ1) is 15.3. The summed E-state index contributed by atoms with van der Waals surface area (Å²) in [5, 5.41) is 19.2. The highest BCUT2D eigenvalue weighted by Crippen LogP contribution is 2.23. The lowest BCUT2D eigenvalue weighted by molar-refractivity contribution is -0.384. The average molecular weight is 435 g/mol. The Morgan fingerprint density at radius 2 is 1.84 bits per heavy atom. The van der Waals surface area contributed by atoms with Crippen LogP contribution in [0, 0.1) is 30.9 Å². The van der Waals surface area contributed by atoms with Crippen LogP contribution in [0.15, 0.2) is 42.5 Å². The molecule has 1 saturated heterocycles. The average Bonchev–Trinajstić information content (AvgIpc) is 3.17. The van der Waals surface area contributed by atoms with Gasteiger partial charge < -0.3 is 9.64 Å². The van der Waals surface area contributed by atoms with Crippen LogP contribution in [0.5, 0.6) is 5.75 Å². The van der Waals surface area contributed by atoms with Crippen molar-refractivity contribution >= 4 is 11.6 Å². The van der Waals surface area contributed by atoms with Gasteiger partial charge in [-0.3, -0.25) is 14.9 Å². The summed E-state index contributed by atoms with van der Waals surface area (Å²) in [6.45, 7) is 7.00. The molecular weight excluding hydrogens is 410 g/mol. The fourth-order valence-corrected chi connectivity index (χ4v) is 3.82. The van der Waals surface area contributed by atoms with Crippen molar-refractivity contribution in [1.29, 1.82) is 0 Å². The van der Waals surface area contributed by atoms with Gasteiger partial charge in [-0.15, -0.1) is 5.10 Å². The normalized spacial score (nSPS) is 14.4. The van der Waals surface area contributed by atoms with Crippen LogP contribution < -0.4 is 4.74 Å². The molecule has 0 radical (unpaired) electrons. The van der Waals surface area contributed by atoms with Crippen molar-refractivity contribution in [2.45, 2.75) is 39.7 Å². The van der Waals surface area contributed by atoms with E-state index in [1.54, 1.807) is 24.0 Å². The molecule has 0 spiro atoms. The van der Waals surface area contributed by atoms with E-state index < -0.39 is 4.92 Å². The smallest absolute Gasteiger partial charge is 0.276 e. The third kappa shape index (κ3) is 4.32. The number of likely N-dealkylation sites (tertiary alicyclic amines) is 1. The summed E-state index contributed by atoms with van der Waals surface area (Å²) in [5.74, 6) is 0.664. The van der Waals surface area contributed by atoms with Gasteiger partial charge in [-0.05, 0) is 50.1 Å². The monoisotopic (exact) mass is 435 g/mol. The molecular formula is C23H25N5O4. The predicted octanol–water partition coefficient (Wildman–Crippen LogP) is 3.78. The zero-order chi connectivity index (χ0) is 22.8. The van der Waals surface area contributed by atoms with Gasteiger partial charge in [0.05, 0.1) is 16.3 Å². The van der Waals surface area contributed by atoms with Gasteiger partial charge in [-0.25, -0.2) is 4.68 Å². The molecule has 9 heteroatoms. The number of hydrogen-bond donors (Lipinski definition) is 0. The fourth-order valence-electron chi connectivity index (χ4n) is 3.82. The van der Waals surface area contributed by atoms with E-state index in [2.05, 4.69) is 30.2 Å². The Hall–Kier alpha value is -3.75. The second-order valence-corrected chi connectivity index (χ2v) is 8.07. The summed E-state index contributed by atoms with van der Waals surface area (Å²) in [7, 11) is 0. The van der Waals surface area contributed by atoms with E-state index in [1.807, 2.05) is 12.1 Å². The number of nitrogens with zero attached hydrogens (tertiary/aromatic N) is 5. The van der Waals surface area contributed by atoms with Crippen LogP contribution in [0.4, 0.5) is 5.69 Å². The molecule has 1 aromatic heterocycles. The van der Waals surface area contributed by atoms with Crippen LogP contribution in [-0.4, -0.2) is 49.9 Å². The van der Waals surface area contributed by atoms with Crippen molar-refractivity contribution in [3.8, 4) is 11.4 Å². The van der Waals surface area contributed by atoms with Crippen LogP contribution in [-0.2, 0) is 0 Å². The molecule has 0 atom stereocenters. The molecule has 1 amide bonds. The summed E-state index contributed by atoms with van der Waals surface area (Å²) < 4.78 is 7.57. The molecule has 0 N–H and O–H groups in total. The highest BCUT2D eigenvalue weighted by molar-refractivity contribution is 5.93. The Morgan fingerprint density at radius 3 is 2.53 bits per heavy atom. The Bertz CT molecular complexity index is 1160. The van der Waals surface area contributed by atoms with Gasteiger partial charge in [0.2, 0.25) is 0 Å². The first-order valence-electron chi connectivity index (χ1n) is 10.5. The quantitative estimate of drug-likeness (QED) is 0.446. The van der Waals surface area contributed by atoms with Crippen molar-refractivity contribution in [2.75, 3.05) is 13.1 Å². The van der Waals surface area contributed by atoms with Gasteiger partial charge in [-0.2, -0.15) is 0 Å². The molecule has 2 aromatic carbocycles. The molecule has 1 fully saturated rings. The predicted molar refractivity (Wildman–Crippen MR) is 118 cm³/mol. The van der Waals surface area contributed by atoms with Gasteiger partial charge in [0.1, 0.15) is 11.9 Å². The van der Waals surface area contributed by atoms with Crippen molar-refractivity contribution in [3.63, 3.8) is 0 Å². The summed E-state index contributed by atoms with van der Waals surface area (Å²) in [5.41, 5.74) is 3.66. The van der Waals surface area contributed by atoms with E-state index >= 15 is 0 Å².